The van der Waals surface area contributed by atoms with Crippen molar-refractivity contribution < 1.29 is 24.3 Å². The van der Waals surface area contributed by atoms with Crippen LogP contribution < -0.4 is 11.3 Å². The normalized spacial score (nSPS) is 10.2. The molecule has 0 saturated carbocycles. The molecule has 0 amide bonds. The maximum atomic E-state index is 9.00. The van der Waals surface area contributed by atoms with Crippen LogP contribution in [0.5, 0.6) is 0 Å². The van der Waals surface area contributed by atoms with Crippen LogP contribution >= 0.6 is 0 Å². The number of rotatable bonds is 17. The maximum absolute atomic E-state index is 9.00. The molecule has 1 aromatic carbocycles. The first kappa shape index (κ1) is 37.6. The summed E-state index contributed by atoms with van der Waals surface area (Å²) in [4.78, 5) is 17.9. The molecule has 0 heterocycles. The molecule has 0 aliphatic rings. The number of carbonyl (C=O) groups excluding carboxylic acids is 1. The van der Waals surface area contributed by atoms with Gasteiger partial charge in [0.05, 0.1) is 20.6 Å². The Morgan fingerprint density at radius 3 is 1.40 bits per heavy atom. The number of carboxylic acid groups (broad SMARTS) is 2. The Morgan fingerprint density at radius 2 is 1.06 bits per heavy atom. The second kappa shape index (κ2) is 26.7. The van der Waals surface area contributed by atoms with Gasteiger partial charge in [-0.2, -0.15) is 0 Å². The van der Waals surface area contributed by atoms with E-state index in [4.69, 9.17) is 19.8 Å². The van der Waals surface area contributed by atoms with E-state index in [1.165, 1.54) is 102 Å². The molecule has 4 N–H and O–H groups in total. The number of aliphatic carboxylic acids is 2. The maximum Gasteiger partial charge on any atom is 0.300 e. The fourth-order valence-corrected chi connectivity index (χ4v) is 3.89. The van der Waals surface area contributed by atoms with E-state index in [0.29, 0.717) is 0 Å². The number of quaternary nitrogens is 1. The van der Waals surface area contributed by atoms with Crippen LogP contribution in [0, 0.1) is 0 Å². The molecule has 1 aromatic rings. The lowest BCUT2D eigenvalue weighted by Gasteiger charge is -2.30. The van der Waals surface area contributed by atoms with Crippen LogP contribution in [0.3, 0.4) is 0 Å². The highest BCUT2D eigenvalue weighted by Crippen LogP contribution is 2.15. The van der Waals surface area contributed by atoms with Gasteiger partial charge in [0.25, 0.3) is 5.97 Å². The van der Waals surface area contributed by atoms with Crippen LogP contribution in [-0.4, -0.2) is 42.2 Å². The standard InChI is InChI=1S/C25H46N.2C2H4O2.H3N/c1-4-5-6-7-8-9-10-11-12-13-14-15-16-20-23-26(2,3)24-25-21-18-17-19-22-25;2*1-2(3)4;/h17-19,21-22H,4-16,20,23-24H2,1-3H3;2*1H3,(H,3,4);1H3/q+1;;;/p-1. The van der Waals surface area contributed by atoms with Crippen molar-refractivity contribution >= 4 is 11.9 Å². The number of hydrogen-bond donors (Lipinski definition) is 2. The number of benzene rings is 1. The lowest BCUT2D eigenvalue weighted by atomic mass is 10.0. The molecule has 0 fully saturated rings. The largest absolute Gasteiger partial charge is 0.550 e. The SMILES string of the molecule is CC(=O)O.CC(=O)[O-].CCCCCCCCCCCCCCCC[N+](C)(C)Cc1ccccc1.N. The number of carboxylic acids is 2. The molecule has 35 heavy (non-hydrogen) atoms. The first-order chi connectivity index (χ1) is 16.1. The monoisotopic (exact) mass is 496 g/mol. The van der Waals surface area contributed by atoms with Gasteiger partial charge in [0, 0.05) is 18.5 Å². The smallest absolute Gasteiger partial charge is 0.300 e. The predicted octanol–water partition coefficient (Wildman–Crippen LogP) is 6.75. The lowest BCUT2D eigenvalue weighted by molar-refractivity contribution is -0.903. The van der Waals surface area contributed by atoms with Crippen LogP contribution in [0.1, 0.15) is 116 Å². The quantitative estimate of drug-likeness (QED) is 0.183. The Labute approximate surface area is 216 Å². The third kappa shape index (κ3) is 36.8. The second-order valence-corrected chi connectivity index (χ2v) is 9.91. The van der Waals surface area contributed by atoms with E-state index in [0.717, 1.165) is 24.9 Å². The number of carbonyl (C=O) groups is 2. The zero-order chi connectivity index (χ0) is 26.1. The van der Waals surface area contributed by atoms with Crippen molar-refractivity contribution in [2.75, 3.05) is 20.6 Å². The van der Waals surface area contributed by atoms with Crippen LogP contribution in [-0.2, 0) is 16.1 Å². The summed E-state index contributed by atoms with van der Waals surface area (Å²) in [6, 6.07) is 10.9. The molecular weight excluding hydrogens is 440 g/mol. The second-order valence-electron chi connectivity index (χ2n) is 9.91. The van der Waals surface area contributed by atoms with Gasteiger partial charge in [0.1, 0.15) is 6.54 Å². The minimum Gasteiger partial charge on any atom is -0.550 e. The van der Waals surface area contributed by atoms with Crippen LogP contribution in [0.2, 0.25) is 0 Å². The van der Waals surface area contributed by atoms with Crippen molar-refractivity contribution in [2.45, 2.75) is 117 Å². The van der Waals surface area contributed by atoms with Gasteiger partial charge in [-0.25, -0.2) is 0 Å². The molecular formula is C29H56N2O4. The van der Waals surface area contributed by atoms with E-state index in [9.17, 15) is 0 Å². The summed E-state index contributed by atoms with van der Waals surface area (Å²) in [5, 5.41) is 16.3. The van der Waals surface area contributed by atoms with Gasteiger partial charge in [0.2, 0.25) is 0 Å². The lowest BCUT2D eigenvalue weighted by Crippen LogP contribution is -2.39. The molecule has 0 radical (unpaired) electrons. The van der Waals surface area contributed by atoms with Gasteiger partial charge >= 0.3 is 0 Å². The van der Waals surface area contributed by atoms with E-state index in [1.54, 1.807) is 0 Å². The Hall–Kier alpha value is -1.92. The van der Waals surface area contributed by atoms with Gasteiger partial charge in [0.15, 0.2) is 0 Å². The minimum absolute atomic E-state index is 0. The number of unbranched alkanes of at least 4 members (excludes halogenated alkanes) is 13. The fourth-order valence-electron chi connectivity index (χ4n) is 3.89. The third-order valence-electron chi connectivity index (χ3n) is 5.57. The first-order valence-corrected chi connectivity index (χ1v) is 13.3. The zero-order valence-electron chi connectivity index (χ0n) is 23.5. The average molecular weight is 497 g/mol. The summed E-state index contributed by atoms with van der Waals surface area (Å²) in [5.41, 5.74) is 1.46. The Kier molecular flexibility index (Phi) is 28.7. The molecule has 0 saturated heterocycles. The molecule has 0 unspecified atom stereocenters. The molecule has 6 heteroatoms. The molecule has 6 nitrogen and oxygen atoms in total. The molecule has 0 aromatic heterocycles. The van der Waals surface area contributed by atoms with Crippen molar-refractivity contribution in [3.8, 4) is 0 Å². The molecule has 0 aliphatic heterocycles. The Bertz CT molecular complexity index is 572. The molecule has 1 rings (SSSR count). The van der Waals surface area contributed by atoms with Crippen molar-refractivity contribution in [1.29, 1.82) is 0 Å². The van der Waals surface area contributed by atoms with Gasteiger partial charge in [-0.05, 0) is 19.8 Å². The topological polar surface area (TPSA) is 112 Å². The Balaban J connectivity index is -0.000000986. The van der Waals surface area contributed by atoms with Crippen molar-refractivity contribution in [1.82, 2.24) is 6.15 Å². The highest BCUT2D eigenvalue weighted by Gasteiger charge is 2.14. The summed E-state index contributed by atoms with van der Waals surface area (Å²) < 4.78 is 1.11. The highest BCUT2D eigenvalue weighted by molar-refractivity contribution is 5.63. The van der Waals surface area contributed by atoms with Gasteiger partial charge < -0.3 is 25.6 Å². The summed E-state index contributed by atoms with van der Waals surface area (Å²) in [5.74, 6) is -1.92. The third-order valence-corrected chi connectivity index (χ3v) is 5.57. The van der Waals surface area contributed by atoms with E-state index in [2.05, 4.69) is 51.4 Å². The van der Waals surface area contributed by atoms with Crippen LogP contribution in [0.15, 0.2) is 30.3 Å². The van der Waals surface area contributed by atoms with Crippen molar-refractivity contribution in [3.63, 3.8) is 0 Å². The first-order valence-electron chi connectivity index (χ1n) is 13.3. The van der Waals surface area contributed by atoms with E-state index >= 15 is 0 Å². The van der Waals surface area contributed by atoms with Crippen LogP contribution in [0.25, 0.3) is 0 Å². The zero-order valence-corrected chi connectivity index (χ0v) is 23.5. The fraction of sp³-hybridized carbons (Fsp3) is 0.724. The summed E-state index contributed by atoms with van der Waals surface area (Å²) in [6.45, 7) is 6.80. The van der Waals surface area contributed by atoms with Gasteiger partial charge in [-0.1, -0.05) is 114 Å². The summed E-state index contributed by atoms with van der Waals surface area (Å²) >= 11 is 0. The molecule has 0 atom stereocenters. The molecule has 0 aliphatic carbocycles. The van der Waals surface area contributed by atoms with E-state index in [-0.39, 0.29) is 6.15 Å². The summed E-state index contributed by atoms with van der Waals surface area (Å²) in [7, 11) is 4.74. The average Bonchev–Trinajstić information content (AvgIpc) is 2.73. The molecule has 0 bridgehead atoms. The van der Waals surface area contributed by atoms with Crippen molar-refractivity contribution in [2.24, 2.45) is 0 Å². The minimum atomic E-state index is -1.08. The summed E-state index contributed by atoms with van der Waals surface area (Å²) in [6.07, 6.45) is 20.2. The Morgan fingerprint density at radius 1 is 0.743 bits per heavy atom. The number of hydrogen-bond acceptors (Lipinski definition) is 4. The predicted molar refractivity (Wildman–Crippen MR) is 146 cm³/mol. The molecule has 206 valence electrons. The van der Waals surface area contributed by atoms with E-state index in [1.807, 2.05) is 0 Å². The van der Waals surface area contributed by atoms with Gasteiger partial charge in [-0.3, -0.25) is 4.79 Å². The highest BCUT2D eigenvalue weighted by atomic mass is 16.4. The molecule has 0 spiro atoms. The van der Waals surface area contributed by atoms with Gasteiger partial charge in [-0.15, -0.1) is 0 Å². The number of nitrogens with zero attached hydrogens (tertiary/aromatic N) is 1. The van der Waals surface area contributed by atoms with E-state index < -0.39 is 11.9 Å². The van der Waals surface area contributed by atoms with Crippen LogP contribution in [0.4, 0.5) is 0 Å². The van der Waals surface area contributed by atoms with Crippen molar-refractivity contribution in [3.05, 3.63) is 35.9 Å².